The second-order valence-electron chi connectivity index (χ2n) is 8.71. The van der Waals surface area contributed by atoms with E-state index in [4.69, 9.17) is 0 Å². The Balaban J connectivity index is 1.52. The minimum absolute atomic E-state index is 0.0224. The number of rotatable bonds is 4. The quantitative estimate of drug-likeness (QED) is 0.581. The monoisotopic (exact) mass is 402 g/mol. The van der Waals surface area contributed by atoms with Crippen molar-refractivity contribution in [3.05, 3.63) is 65.2 Å². The zero-order chi connectivity index (χ0) is 21.0. The predicted octanol–water partition coefficient (Wildman–Crippen LogP) is 3.39. The van der Waals surface area contributed by atoms with Crippen LogP contribution in [-0.2, 0) is 16.0 Å². The maximum atomic E-state index is 13.5. The number of aryl methyl sites for hydroxylation is 2. The Bertz CT molecular complexity index is 1010. The molecule has 3 heterocycles. The molecule has 0 N–H and O–H groups in total. The van der Waals surface area contributed by atoms with Gasteiger partial charge in [0.05, 0.1) is 23.6 Å². The molecule has 154 valence electrons. The third kappa shape index (κ3) is 2.76. The highest BCUT2D eigenvalue weighted by Gasteiger charge is 2.64. The van der Waals surface area contributed by atoms with Crippen molar-refractivity contribution in [3.8, 4) is 0 Å². The van der Waals surface area contributed by atoms with Crippen molar-refractivity contribution in [3.63, 3.8) is 0 Å². The lowest BCUT2D eigenvalue weighted by molar-refractivity contribution is -0.123. The fourth-order valence-corrected chi connectivity index (χ4v) is 5.54. The first-order chi connectivity index (χ1) is 14.5. The van der Waals surface area contributed by atoms with Gasteiger partial charge in [0.2, 0.25) is 11.8 Å². The van der Waals surface area contributed by atoms with E-state index in [0.717, 1.165) is 36.9 Å². The lowest BCUT2D eigenvalue weighted by Gasteiger charge is -2.27. The number of ketones is 1. The molecular formula is C25H26N2O3. The first-order valence-electron chi connectivity index (χ1n) is 10.8. The summed E-state index contributed by atoms with van der Waals surface area (Å²) < 4.78 is 0. The summed E-state index contributed by atoms with van der Waals surface area (Å²) in [6.07, 6.45) is 2.72. The zero-order valence-corrected chi connectivity index (χ0v) is 17.4. The van der Waals surface area contributed by atoms with Crippen LogP contribution in [0.4, 0.5) is 5.69 Å². The Morgan fingerprint density at radius 1 is 0.967 bits per heavy atom. The fourth-order valence-electron chi connectivity index (χ4n) is 5.54. The Labute approximate surface area is 176 Å². The van der Waals surface area contributed by atoms with Crippen LogP contribution < -0.4 is 4.90 Å². The average molecular weight is 402 g/mol. The van der Waals surface area contributed by atoms with Gasteiger partial charge in [-0.05, 0) is 50.4 Å². The molecule has 2 aromatic rings. The molecule has 2 amide bonds. The van der Waals surface area contributed by atoms with Crippen molar-refractivity contribution in [1.29, 1.82) is 0 Å². The molecule has 5 heteroatoms. The van der Waals surface area contributed by atoms with Gasteiger partial charge in [0.25, 0.3) is 0 Å². The molecule has 3 fully saturated rings. The van der Waals surface area contributed by atoms with E-state index in [1.165, 1.54) is 4.90 Å². The molecule has 5 nitrogen and oxygen atoms in total. The number of Topliss-reactive ketones (excluding diaryl/α,β-unsaturated/α-hetero) is 1. The van der Waals surface area contributed by atoms with Gasteiger partial charge in [0.1, 0.15) is 0 Å². The Morgan fingerprint density at radius 2 is 1.63 bits per heavy atom. The normalized spacial score (nSPS) is 28.1. The summed E-state index contributed by atoms with van der Waals surface area (Å²) in [4.78, 5) is 43.9. The van der Waals surface area contributed by atoms with Crippen LogP contribution in [-0.4, -0.2) is 41.1 Å². The van der Waals surface area contributed by atoms with E-state index in [2.05, 4.69) is 11.8 Å². The second-order valence-corrected chi connectivity index (χ2v) is 8.71. The summed E-state index contributed by atoms with van der Waals surface area (Å²) in [6.45, 7) is 4.82. The van der Waals surface area contributed by atoms with Crippen molar-refractivity contribution in [1.82, 2.24) is 4.90 Å². The molecule has 4 atom stereocenters. The molecule has 3 aliphatic rings. The minimum Gasteiger partial charge on any atom is -0.292 e. The van der Waals surface area contributed by atoms with Gasteiger partial charge in [-0.25, -0.2) is 4.90 Å². The number of fused-ring (bicyclic) bond motifs is 3. The lowest BCUT2D eigenvalue weighted by Crippen LogP contribution is -2.46. The number of carbonyl (C=O) groups is 3. The summed E-state index contributed by atoms with van der Waals surface area (Å²) in [5.41, 5.74) is 3.47. The van der Waals surface area contributed by atoms with Crippen molar-refractivity contribution in [2.75, 3.05) is 11.4 Å². The number of hydrogen-bond donors (Lipinski definition) is 0. The Hall–Kier alpha value is -2.79. The van der Waals surface area contributed by atoms with E-state index in [0.29, 0.717) is 11.3 Å². The Morgan fingerprint density at radius 3 is 2.30 bits per heavy atom. The third-order valence-corrected chi connectivity index (χ3v) is 7.06. The predicted molar refractivity (Wildman–Crippen MR) is 114 cm³/mol. The molecule has 0 saturated carbocycles. The zero-order valence-electron chi connectivity index (χ0n) is 17.4. The van der Waals surface area contributed by atoms with Crippen molar-refractivity contribution in [2.45, 2.75) is 45.2 Å². The van der Waals surface area contributed by atoms with Crippen LogP contribution in [0.3, 0.4) is 0 Å². The van der Waals surface area contributed by atoms with Crippen molar-refractivity contribution < 1.29 is 14.4 Å². The van der Waals surface area contributed by atoms with E-state index < -0.39 is 17.9 Å². The van der Waals surface area contributed by atoms with Crippen LogP contribution in [0.1, 0.15) is 41.3 Å². The molecule has 3 saturated heterocycles. The molecule has 5 rings (SSSR count). The number of nitrogens with zero attached hydrogens (tertiary/aromatic N) is 2. The van der Waals surface area contributed by atoms with E-state index in [1.54, 1.807) is 0 Å². The summed E-state index contributed by atoms with van der Waals surface area (Å²) in [5.74, 6) is -1.44. The molecule has 0 aromatic heterocycles. The number of carbonyl (C=O) groups excluding carboxylic acids is 3. The third-order valence-electron chi connectivity index (χ3n) is 7.06. The van der Waals surface area contributed by atoms with Gasteiger partial charge in [0, 0.05) is 11.6 Å². The molecular weight excluding hydrogens is 376 g/mol. The maximum absolute atomic E-state index is 13.5. The van der Waals surface area contributed by atoms with Gasteiger partial charge < -0.3 is 0 Å². The average Bonchev–Trinajstić information content (AvgIpc) is 3.40. The second kappa shape index (κ2) is 7.17. The van der Waals surface area contributed by atoms with Crippen molar-refractivity contribution >= 4 is 23.3 Å². The van der Waals surface area contributed by atoms with Gasteiger partial charge in [-0.1, -0.05) is 48.9 Å². The van der Waals surface area contributed by atoms with Crippen LogP contribution >= 0.6 is 0 Å². The van der Waals surface area contributed by atoms with E-state index in [-0.39, 0.29) is 23.6 Å². The smallest absolute Gasteiger partial charge is 0.239 e. The molecule has 2 aromatic carbocycles. The lowest BCUT2D eigenvalue weighted by atomic mass is 9.85. The van der Waals surface area contributed by atoms with Crippen LogP contribution in [0, 0.1) is 18.8 Å². The van der Waals surface area contributed by atoms with E-state index >= 15 is 0 Å². The molecule has 0 bridgehead atoms. The topological polar surface area (TPSA) is 57.7 Å². The van der Waals surface area contributed by atoms with Crippen molar-refractivity contribution in [2.24, 2.45) is 11.8 Å². The van der Waals surface area contributed by atoms with Gasteiger partial charge in [-0.2, -0.15) is 0 Å². The van der Waals surface area contributed by atoms with Gasteiger partial charge >= 0.3 is 0 Å². The molecule has 30 heavy (non-hydrogen) atoms. The van der Waals surface area contributed by atoms with Crippen LogP contribution in [0.25, 0.3) is 0 Å². The molecule has 0 aliphatic carbocycles. The summed E-state index contributed by atoms with van der Waals surface area (Å²) >= 11 is 0. The van der Waals surface area contributed by atoms with E-state index in [9.17, 15) is 14.4 Å². The minimum atomic E-state index is -0.595. The highest BCUT2D eigenvalue weighted by Crippen LogP contribution is 2.48. The maximum Gasteiger partial charge on any atom is 0.239 e. The highest BCUT2D eigenvalue weighted by molar-refractivity contribution is 6.24. The molecule has 3 aliphatic heterocycles. The van der Waals surface area contributed by atoms with Crippen LogP contribution in [0.2, 0.25) is 0 Å². The number of imide groups is 1. The summed E-state index contributed by atoms with van der Waals surface area (Å²) in [6, 6.07) is 14.5. The van der Waals surface area contributed by atoms with E-state index in [1.807, 2.05) is 55.5 Å². The molecule has 0 spiro atoms. The number of benzene rings is 2. The fraction of sp³-hybridized carbons (Fsp3) is 0.400. The Kier molecular flexibility index (Phi) is 4.58. The van der Waals surface area contributed by atoms with Gasteiger partial charge in [0.15, 0.2) is 5.78 Å². The largest absolute Gasteiger partial charge is 0.292 e. The molecule has 4 unspecified atom stereocenters. The standard InChI is InChI=1S/C25H26N2O3/c1-3-16-8-12-18(13-9-16)27-24(29)20-19-5-4-14-26(19)22(21(20)25(27)30)23(28)17-10-6-15(2)7-11-17/h6-13,19-22H,3-5,14H2,1-2H3. The van der Waals surface area contributed by atoms with Crippen LogP contribution in [0.5, 0.6) is 0 Å². The van der Waals surface area contributed by atoms with Gasteiger partial charge in [-0.15, -0.1) is 0 Å². The van der Waals surface area contributed by atoms with Crippen LogP contribution in [0.15, 0.2) is 48.5 Å². The number of amides is 2. The number of hydrogen-bond acceptors (Lipinski definition) is 4. The highest BCUT2D eigenvalue weighted by atomic mass is 16.2. The first kappa shape index (κ1) is 19.2. The molecule has 0 radical (unpaired) electrons. The van der Waals surface area contributed by atoms with Gasteiger partial charge in [-0.3, -0.25) is 19.3 Å². The summed E-state index contributed by atoms with van der Waals surface area (Å²) in [7, 11) is 0. The number of anilines is 1. The summed E-state index contributed by atoms with van der Waals surface area (Å²) in [5, 5.41) is 0. The first-order valence-corrected chi connectivity index (χ1v) is 10.8. The SMILES string of the molecule is CCc1ccc(N2C(=O)C3C(C2=O)C(C(=O)c2ccc(C)cc2)N2CCCC32)cc1.